The molecule has 1 unspecified atom stereocenters. The van der Waals surface area contributed by atoms with Crippen molar-refractivity contribution in [2.45, 2.75) is 64.3 Å². The molecule has 1 atom stereocenters. The Balaban J connectivity index is 2.53. The molecule has 0 amide bonds. The first-order valence-electron chi connectivity index (χ1n) is 7.03. The Bertz CT molecular complexity index is 337. The molecule has 0 saturated carbocycles. The maximum absolute atomic E-state index is 12.9. The van der Waals surface area contributed by atoms with Crippen molar-refractivity contribution in [2.24, 2.45) is 5.73 Å². The fourth-order valence-corrected chi connectivity index (χ4v) is 2.20. The maximum Gasteiger partial charge on any atom is 0.141 e. The molecule has 3 heteroatoms. The smallest absolute Gasteiger partial charge is 0.141 e. The Morgan fingerprint density at radius 3 is 2.44 bits per heavy atom. The summed E-state index contributed by atoms with van der Waals surface area (Å²) in [6, 6.07) is 3.15. The first-order valence-corrected chi connectivity index (χ1v) is 7.03. The standard InChI is InChI=1S/C15H25FN2/c1-3-5-6-7-8-11-15(17,4-2)14-10-9-13(16)12-18-14/h9-10,12H,3-8,11,17H2,1-2H3. The van der Waals surface area contributed by atoms with E-state index in [-0.39, 0.29) is 5.82 Å². The van der Waals surface area contributed by atoms with Crippen LogP contribution in [0.1, 0.15) is 64.5 Å². The summed E-state index contributed by atoms with van der Waals surface area (Å²) < 4.78 is 12.9. The number of nitrogens with zero attached hydrogens (tertiary/aromatic N) is 1. The van der Waals surface area contributed by atoms with Crippen LogP contribution in [-0.2, 0) is 5.54 Å². The molecule has 1 aromatic rings. The SMILES string of the molecule is CCCCCCCC(N)(CC)c1ccc(F)cn1. The van der Waals surface area contributed by atoms with Crippen LogP contribution in [0.25, 0.3) is 0 Å². The van der Waals surface area contributed by atoms with Crippen LogP contribution in [-0.4, -0.2) is 4.98 Å². The topological polar surface area (TPSA) is 38.9 Å². The largest absolute Gasteiger partial charge is 0.320 e. The van der Waals surface area contributed by atoms with Gasteiger partial charge in [-0.1, -0.05) is 46.0 Å². The quantitative estimate of drug-likeness (QED) is 0.706. The molecule has 0 bridgehead atoms. The van der Waals surface area contributed by atoms with Crippen molar-refractivity contribution in [2.75, 3.05) is 0 Å². The van der Waals surface area contributed by atoms with Crippen LogP contribution in [0.3, 0.4) is 0 Å². The fraction of sp³-hybridized carbons (Fsp3) is 0.667. The van der Waals surface area contributed by atoms with Gasteiger partial charge in [0.05, 0.1) is 17.4 Å². The summed E-state index contributed by atoms with van der Waals surface area (Å²) in [6.45, 7) is 4.28. The van der Waals surface area contributed by atoms with E-state index in [4.69, 9.17) is 5.73 Å². The third-order valence-corrected chi connectivity index (χ3v) is 3.59. The molecule has 18 heavy (non-hydrogen) atoms. The number of hydrogen-bond donors (Lipinski definition) is 1. The Morgan fingerprint density at radius 2 is 1.89 bits per heavy atom. The van der Waals surface area contributed by atoms with Crippen molar-refractivity contribution in [3.8, 4) is 0 Å². The molecule has 1 rings (SSSR count). The molecule has 0 spiro atoms. The van der Waals surface area contributed by atoms with Gasteiger partial charge in [0.25, 0.3) is 0 Å². The lowest BCUT2D eigenvalue weighted by Crippen LogP contribution is -2.36. The van der Waals surface area contributed by atoms with Crippen molar-refractivity contribution < 1.29 is 4.39 Å². The lowest BCUT2D eigenvalue weighted by Gasteiger charge is -2.27. The van der Waals surface area contributed by atoms with E-state index >= 15 is 0 Å². The van der Waals surface area contributed by atoms with E-state index in [1.54, 1.807) is 6.07 Å². The number of halogens is 1. The highest BCUT2D eigenvalue weighted by Gasteiger charge is 2.25. The fourth-order valence-electron chi connectivity index (χ4n) is 2.20. The lowest BCUT2D eigenvalue weighted by molar-refractivity contribution is 0.363. The van der Waals surface area contributed by atoms with Gasteiger partial charge < -0.3 is 5.73 Å². The van der Waals surface area contributed by atoms with Crippen molar-refractivity contribution in [3.63, 3.8) is 0 Å². The molecule has 102 valence electrons. The molecule has 0 saturated heterocycles. The van der Waals surface area contributed by atoms with Gasteiger partial charge in [-0.25, -0.2) is 4.39 Å². The number of rotatable bonds is 8. The van der Waals surface area contributed by atoms with E-state index in [2.05, 4.69) is 18.8 Å². The van der Waals surface area contributed by atoms with Crippen LogP contribution in [0.2, 0.25) is 0 Å². The van der Waals surface area contributed by atoms with Crippen LogP contribution in [0.15, 0.2) is 18.3 Å². The number of hydrogen-bond acceptors (Lipinski definition) is 2. The van der Waals surface area contributed by atoms with Crippen LogP contribution < -0.4 is 5.73 Å². The zero-order valence-electron chi connectivity index (χ0n) is 11.6. The third-order valence-electron chi connectivity index (χ3n) is 3.59. The van der Waals surface area contributed by atoms with Crippen molar-refractivity contribution in [3.05, 3.63) is 29.8 Å². The molecule has 0 aliphatic heterocycles. The van der Waals surface area contributed by atoms with Crippen molar-refractivity contribution in [1.29, 1.82) is 0 Å². The molecule has 0 aliphatic rings. The van der Waals surface area contributed by atoms with Gasteiger partial charge in [-0.15, -0.1) is 0 Å². The summed E-state index contributed by atoms with van der Waals surface area (Å²) in [4.78, 5) is 4.14. The minimum atomic E-state index is -0.403. The zero-order valence-corrected chi connectivity index (χ0v) is 11.6. The Kier molecular flexibility index (Phi) is 6.27. The highest BCUT2D eigenvalue weighted by Crippen LogP contribution is 2.27. The second kappa shape index (κ2) is 7.47. The van der Waals surface area contributed by atoms with Gasteiger partial charge in [0.2, 0.25) is 0 Å². The summed E-state index contributed by atoms with van der Waals surface area (Å²) in [5, 5.41) is 0. The van der Waals surface area contributed by atoms with E-state index in [1.807, 2.05) is 0 Å². The minimum absolute atomic E-state index is 0.305. The molecule has 1 heterocycles. The Hall–Kier alpha value is -0.960. The van der Waals surface area contributed by atoms with E-state index in [1.165, 1.54) is 37.9 Å². The van der Waals surface area contributed by atoms with E-state index in [0.29, 0.717) is 0 Å². The average molecular weight is 252 g/mol. The number of unbranched alkanes of at least 4 members (excludes halogenated alkanes) is 4. The first-order chi connectivity index (χ1) is 8.62. The van der Waals surface area contributed by atoms with Gasteiger partial charge in [0, 0.05) is 0 Å². The molecule has 0 radical (unpaired) electrons. The van der Waals surface area contributed by atoms with Gasteiger partial charge >= 0.3 is 0 Å². The minimum Gasteiger partial charge on any atom is -0.320 e. The van der Waals surface area contributed by atoms with Crippen LogP contribution in [0, 0.1) is 5.82 Å². The molecular weight excluding hydrogens is 227 g/mol. The van der Waals surface area contributed by atoms with Crippen LogP contribution >= 0.6 is 0 Å². The molecular formula is C15H25FN2. The highest BCUT2D eigenvalue weighted by atomic mass is 19.1. The summed E-state index contributed by atoms with van der Waals surface area (Å²) in [6.07, 6.45) is 9.15. The molecule has 0 fully saturated rings. The number of nitrogens with two attached hydrogens (primary N) is 1. The molecule has 2 N–H and O–H groups in total. The summed E-state index contributed by atoms with van der Waals surface area (Å²) in [7, 11) is 0. The summed E-state index contributed by atoms with van der Waals surface area (Å²) in [5.41, 5.74) is 6.80. The predicted molar refractivity (Wildman–Crippen MR) is 73.7 cm³/mol. The number of pyridine rings is 1. The van der Waals surface area contributed by atoms with E-state index in [0.717, 1.165) is 25.0 Å². The molecule has 1 aromatic heterocycles. The lowest BCUT2D eigenvalue weighted by atomic mass is 9.86. The third kappa shape index (κ3) is 4.37. The van der Waals surface area contributed by atoms with Gasteiger partial charge in [0.1, 0.15) is 5.82 Å². The van der Waals surface area contributed by atoms with Gasteiger partial charge in [-0.2, -0.15) is 0 Å². The molecule has 2 nitrogen and oxygen atoms in total. The molecule has 0 aliphatic carbocycles. The predicted octanol–water partition coefficient (Wildman–Crippen LogP) is 4.15. The Morgan fingerprint density at radius 1 is 1.17 bits per heavy atom. The second-order valence-corrected chi connectivity index (χ2v) is 5.04. The van der Waals surface area contributed by atoms with Crippen LogP contribution in [0.5, 0.6) is 0 Å². The highest BCUT2D eigenvalue weighted by molar-refractivity contribution is 5.15. The van der Waals surface area contributed by atoms with E-state index in [9.17, 15) is 4.39 Å². The maximum atomic E-state index is 12.9. The van der Waals surface area contributed by atoms with Crippen molar-refractivity contribution in [1.82, 2.24) is 4.98 Å². The first kappa shape index (κ1) is 15.1. The Labute approximate surface area is 110 Å². The normalized spacial score (nSPS) is 14.4. The summed E-state index contributed by atoms with van der Waals surface area (Å²) in [5.74, 6) is -0.305. The van der Waals surface area contributed by atoms with Crippen LogP contribution in [0.4, 0.5) is 4.39 Å². The average Bonchev–Trinajstić information content (AvgIpc) is 2.39. The van der Waals surface area contributed by atoms with Gasteiger partial charge in [-0.3, -0.25) is 4.98 Å². The van der Waals surface area contributed by atoms with Gasteiger partial charge in [-0.05, 0) is 25.0 Å². The second-order valence-electron chi connectivity index (χ2n) is 5.04. The molecule has 0 aromatic carbocycles. The zero-order chi connectivity index (χ0) is 13.4. The summed E-state index contributed by atoms with van der Waals surface area (Å²) >= 11 is 0. The van der Waals surface area contributed by atoms with Crippen molar-refractivity contribution >= 4 is 0 Å². The van der Waals surface area contributed by atoms with Gasteiger partial charge in [0.15, 0.2) is 0 Å². The number of aromatic nitrogens is 1. The van der Waals surface area contributed by atoms with E-state index < -0.39 is 5.54 Å². The monoisotopic (exact) mass is 252 g/mol.